The molecule has 2 N–H and O–H groups in total. The standard InChI is InChI=1S/C24H17BrN6O.CH4/c25-21-20(10-15-6-8-16(14-32)9-7-15)30-24-19(13-29-31(24)22(21)26)18-11-27-23(28-12-18)17-4-2-1-3-5-17;/h1-9,11-14H,10,26H2;1H4. The van der Waals surface area contributed by atoms with Gasteiger partial charge in [0.05, 0.1) is 16.4 Å². The van der Waals surface area contributed by atoms with E-state index >= 15 is 0 Å². The van der Waals surface area contributed by atoms with Crippen LogP contribution in [0.1, 0.15) is 29.0 Å². The zero-order valence-corrected chi connectivity index (χ0v) is 18.4. The van der Waals surface area contributed by atoms with Crippen molar-refractivity contribution in [2.24, 2.45) is 0 Å². The number of rotatable bonds is 5. The Morgan fingerprint density at radius 3 is 2.30 bits per heavy atom. The lowest BCUT2D eigenvalue weighted by Crippen LogP contribution is -2.06. The summed E-state index contributed by atoms with van der Waals surface area (Å²) in [6.07, 6.45) is 6.63. The zero-order chi connectivity index (χ0) is 22.1. The second-order valence-corrected chi connectivity index (χ2v) is 8.04. The average Bonchev–Trinajstić information content (AvgIpc) is 3.27. The summed E-state index contributed by atoms with van der Waals surface area (Å²) in [6, 6.07) is 17.2. The van der Waals surface area contributed by atoms with Crippen molar-refractivity contribution in [2.75, 3.05) is 5.73 Å². The van der Waals surface area contributed by atoms with Crippen LogP contribution in [0.25, 0.3) is 28.2 Å². The SMILES string of the molecule is C.Nc1c(Br)c(Cc2ccc(C=O)cc2)nc2c(-c3cnc(-c4ccccc4)nc3)cnn12. The third-order valence-electron chi connectivity index (χ3n) is 5.17. The number of nitrogens with two attached hydrogens (primary N) is 1. The molecule has 0 radical (unpaired) electrons. The van der Waals surface area contributed by atoms with E-state index < -0.39 is 0 Å². The maximum absolute atomic E-state index is 10.9. The number of aldehydes is 1. The van der Waals surface area contributed by atoms with Crippen molar-refractivity contribution in [3.05, 3.63) is 94.5 Å². The van der Waals surface area contributed by atoms with Gasteiger partial charge in [-0.15, -0.1) is 0 Å². The van der Waals surface area contributed by atoms with Crippen molar-refractivity contribution >= 4 is 33.7 Å². The van der Waals surface area contributed by atoms with Crippen molar-refractivity contribution in [3.8, 4) is 22.5 Å². The fourth-order valence-corrected chi connectivity index (χ4v) is 3.87. The molecule has 0 atom stereocenters. The summed E-state index contributed by atoms with van der Waals surface area (Å²) < 4.78 is 2.29. The second-order valence-electron chi connectivity index (χ2n) is 7.25. The third kappa shape index (κ3) is 4.25. The summed E-state index contributed by atoms with van der Waals surface area (Å²) in [6.45, 7) is 0. The molecule has 8 heteroatoms. The second kappa shape index (κ2) is 9.30. The molecule has 0 bridgehead atoms. The molecule has 0 aliphatic rings. The first kappa shape index (κ1) is 22.3. The van der Waals surface area contributed by atoms with E-state index in [0.717, 1.165) is 34.2 Å². The minimum absolute atomic E-state index is 0. The highest BCUT2D eigenvalue weighted by Gasteiger charge is 2.17. The van der Waals surface area contributed by atoms with Crippen LogP contribution in [0, 0.1) is 0 Å². The van der Waals surface area contributed by atoms with Crippen LogP contribution in [0.5, 0.6) is 0 Å². The zero-order valence-electron chi connectivity index (χ0n) is 16.8. The van der Waals surface area contributed by atoms with Crippen LogP contribution >= 0.6 is 15.9 Å². The Labute approximate surface area is 199 Å². The van der Waals surface area contributed by atoms with E-state index in [2.05, 4.69) is 31.0 Å². The summed E-state index contributed by atoms with van der Waals surface area (Å²) in [5.41, 5.74) is 11.9. The Hall–Kier alpha value is -3.91. The smallest absolute Gasteiger partial charge is 0.165 e. The van der Waals surface area contributed by atoms with Crippen LogP contribution in [-0.4, -0.2) is 30.9 Å². The largest absolute Gasteiger partial charge is 0.383 e. The van der Waals surface area contributed by atoms with Crippen LogP contribution < -0.4 is 5.73 Å². The fraction of sp³-hybridized carbons (Fsp3) is 0.0800. The molecule has 5 rings (SSSR count). The molecule has 7 nitrogen and oxygen atoms in total. The van der Waals surface area contributed by atoms with Gasteiger partial charge in [-0.2, -0.15) is 9.61 Å². The van der Waals surface area contributed by atoms with Crippen LogP contribution in [0.3, 0.4) is 0 Å². The average molecular weight is 501 g/mol. The quantitative estimate of drug-likeness (QED) is 0.331. The number of hydrogen-bond acceptors (Lipinski definition) is 6. The number of carbonyl (C=O) groups is 1. The van der Waals surface area contributed by atoms with Crippen molar-refractivity contribution in [1.82, 2.24) is 24.6 Å². The summed E-state index contributed by atoms with van der Waals surface area (Å²) in [7, 11) is 0. The molecular formula is C25H21BrN6O. The van der Waals surface area contributed by atoms with Crippen LogP contribution in [0.2, 0.25) is 0 Å². The topological polar surface area (TPSA) is 99.1 Å². The Kier molecular flexibility index (Phi) is 6.28. The number of anilines is 1. The van der Waals surface area contributed by atoms with Gasteiger partial charge in [0.25, 0.3) is 0 Å². The highest BCUT2D eigenvalue weighted by atomic mass is 79.9. The summed E-state index contributed by atoms with van der Waals surface area (Å²) in [5, 5.41) is 4.41. The number of fused-ring (bicyclic) bond motifs is 1. The van der Waals surface area contributed by atoms with Gasteiger partial charge in [-0.1, -0.05) is 62.0 Å². The monoisotopic (exact) mass is 500 g/mol. The van der Waals surface area contributed by atoms with Gasteiger partial charge >= 0.3 is 0 Å². The normalized spacial score (nSPS) is 10.7. The molecule has 5 aromatic rings. The van der Waals surface area contributed by atoms with E-state index in [1.165, 1.54) is 0 Å². The molecule has 2 aromatic carbocycles. The van der Waals surface area contributed by atoms with Gasteiger partial charge < -0.3 is 5.73 Å². The van der Waals surface area contributed by atoms with Gasteiger partial charge in [-0.25, -0.2) is 15.0 Å². The van der Waals surface area contributed by atoms with Crippen molar-refractivity contribution in [3.63, 3.8) is 0 Å². The van der Waals surface area contributed by atoms with E-state index in [1.54, 1.807) is 35.2 Å². The van der Waals surface area contributed by atoms with Crippen LogP contribution in [0.4, 0.5) is 5.82 Å². The van der Waals surface area contributed by atoms with Crippen molar-refractivity contribution in [2.45, 2.75) is 13.8 Å². The number of hydrogen-bond donors (Lipinski definition) is 1. The van der Waals surface area contributed by atoms with E-state index in [0.29, 0.717) is 33.7 Å². The predicted octanol–water partition coefficient (Wildman–Crippen LogP) is 5.24. The lowest BCUT2D eigenvalue weighted by molar-refractivity contribution is 0.112. The van der Waals surface area contributed by atoms with Crippen LogP contribution in [0.15, 0.2) is 77.7 Å². The minimum Gasteiger partial charge on any atom is -0.383 e. The molecule has 0 amide bonds. The van der Waals surface area contributed by atoms with Gasteiger partial charge in [-0.05, 0) is 21.5 Å². The number of nitrogen functional groups attached to an aromatic ring is 1. The minimum atomic E-state index is 0. The first-order chi connectivity index (χ1) is 15.6. The van der Waals surface area contributed by atoms with Gasteiger partial charge in [0.1, 0.15) is 12.1 Å². The Morgan fingerprint density at radius 1 is 0.939 bits per heavy atom. The fourth-order valence-electron chi connectivity index (χ4n) is 3.48. The number of carbonyl (C=O) groups excluding carboxylic acids is 1. The third-order valence-corrected chi connectivity index (χ3v) is 6.04. The molecule has 0 unspecified atom stereocenters. The molecule has 0 aliphatic carbocycles. The van der Waals surface area contributed by atoms with Gasteiger partial charge in [-0.3, -0.25) is 4.79 Å². The van der Waals surface area contributed by atoms with E-state index in [9.17, 15) is 4.79 Å². The summed E-state index contributed by atoms with van der Waals surface area (Å²) >= 11 is 3.56. The first-order valence-electron chi connectivity index (χ1n) is 9.87. The Morgan fingerprint density at radius 2 is 1.64 bits per heavy atom. The number of aromatic nitrogens is 5. The molecular weight excluding hydrogens is 480 g/mol. The number of nitrogens with zero attached hydrogens (tertiary/aromatic N) is 5. The number of halogens is 1. The van der Waals surface area contributed by atoms with Gasteiger partial charge in [0, 0.05) is 41.1 Å². The van der Waals surface area contributed by atoms with Crippen molar-refractivity contribution in [1.29, 1.82) is 0 Å². The molecule has 0 saturated heterocycles. The molecule has 3 heterocycles. The van der Waals surface area contributed by atoms with Crippen molar-refractivity contribution < 1.29 is 4.79 Å². The molecule has 0 spiro atoms. The van der Waals surface area contributed by atoms with E-state index in [1.807, 2.05) is 42.5 Å². The summed E-state index contributed by atoms with van der Waals surface area (Å²) in [5.74, 6) is 1.11. The van der Waals surface area contributed by atoms with Gasteiger partial charge in [0.2, 0.25) is 0 Å². The van der Waals surface area contributed by atoms with Crippen LogP contribution in [-0.2, 0) is 6.42 Å². The van der Waals surface area contributed by atoms with E-state index in [-0.39, 0.29) is 7.43 Å². The molecule has 164 valence electrons. The lowest BCUT2D eigenvalue weighted by atomic mass is 10.1. The molecule has 0 fully saturated rings. The maximum atomic E-state index is 10.9. The summed E-state index contributed by atoms with van der Waals surface area (Å²) in [4.78, 5) is 24.8. The maximum Gasteiger partial charge on any atom is 0.165 e. The molecule has 3 aromatic heterocycles. The van der Waals surface area contributed by atoms with Gasteiger partial charge in [0.15, 0.2) is 11.5 Å². The lowest BCUT2D eigenvalue weighted by Gasteiger charge is -2.10. The Bertz CT molecular complexity index is 1410. The highest BCUT2D eigenvalue weighted by molar-refractivity contribution is 9.10. The molecule has 33 heavy (non-hydrogen) atoms. The molecule has 0 saturated carbocycles. The predicted molar refractivity (Wildman–Crippen MR) is 133 cm³/mol. The first-order valence-corrected chi connectivity index (χ1v) is 10.7. The highest BCUT2D eigenvalue weighted by Crippen LogP contribution is 2.30. The van der Waals surface area contributed by atoms with E-state index in [4.69, 9.17) is 10.7 Å². The number of benzene rings is 2. The Balaban J connectivity index is 0.00000259. The molecule has 0 aliphatic heterocycles.